The van der Waals surface area contributed by atoms with Gasteiger partial charge in [-0.2, -0.15) is 0 Å². The molecule has 2 heterocycles. The zero-order chi connectivity index (χ0) is 11.9. The summed E-state index contributed by atoms with van der Waals surface area (Å²) in [5.41, 5.74) is 0. The van der Waals surface area contributed by atoms with Gasteiger partial charge < -0.3 is 15.0 Å². The lowest BCUT2D eigenvalue weighted by Gasteiger charge is -2.20. The minimum Gasteiger partial charge on any atom is -0.368 e. The summed E-state index contributed by atoms with van der Waals surface area (Å²) in [6, 6.07) is 0. The van der Waals surface area contributed by atoms with Gasteiger partial charge in [-0.1, -0.05) is 12.8 Å². The second-order valence-electron chi connectivity index (χ2n) is 5.05. The van der Waals surface area contributed by atoms with Crippen LogP contribution in [0.4, 0.5) is 0 Å². The van der Waals surface area contributed by atoms with Crippen LogP contribution in [0.1, 0.15) is 38.5 Å². The highest BCUT2D eigenvalue weighted by molar-refractivity contribution is 5.80. The first-order valence-corrected chi connectivity index (χ1v) is 6.98. The number of likely N-dealkylation sites (tertiary alicyclic amines) is 1. The van der Waals surface area contributed by atoms with Gasteiger partial charge in [0.1, 0.15) is 6.10 Å². The summed E-state index contributed by atoms with van der Waals surface area (Å²) in [5.74, 6) is 0.0809. The number of carbonyl (C=O) groups is 1. The molecule has 4 nitrogen and oxygen atoms in total. The van der Waals surface area contributed by atoms with E-state index in [-0.39, 0.29) is 12.0 Å². The van der Waals surface area contributed by atoms with Gasteiger partial charge >= 0.3 is 0 Å². The van der Waals surface area contributed by atoms with Crippen LogP contribution in [0.25, 0.3) is 0 Å². The summed E-state index contributed by atoms with van der Waals surface area (Å²) in [5, 5.41) is 2.99. The third-order valence-electron chi connectivity index (χ3n) is 3.65. The average molecular weight is 240 g/mol. The first kappa shape index (κ1) is 12.8. The molecule has 4 heteroatoms. The molecule has 0 saturated carbocycles. The molecule has 98 valence electrons. The largest absolute Gasteiger partial charge is 0.368 e. The molecule has 17 heavy (non-hydrogen) atoms. The molecule has 2 saturated heterocycles. The van der Waals surface area contributed by atoms with Crippen molar-refractivity contribution in [1.82, 2.24) is 10.2 Å². The highest BCUT2D eigenvalue weighted by Crippen LogP contribution is 2.12. The SMILES string of the molecule is O=C(NCCN1CCCCCC1)[C@H]1CCCO1. The van der Waals surface area contributed by atoms with E-state index in [2.05, 4.69) is 10.2 Å². The van der Waals surface area contributed by atoms with Crippen molar-refractivity contribution in [2.24, 2.45) is 0 Å². The van der Waals surface area contributed by atoms with Crippen LogP contribution in [0.15, 0.2) is 0 Å². The van der Waals surface area contributed by atoms with Gasteiger partial charge in [-0.05, 0) is 38.8 Å². The molecule has 2 aliphatic rings. The molecule has 0 aromatic heterocycles. The van der Waals surface area contributed by atoms with Crippen molar-refractivity contribution in [3.63, 3.8) is 0 Å². The van der Waals surface area contributed by atoms with Gasteiger partial charge in [0.05, 0.1) is 0 Å². The summed E-state index contributed by atoms with van der Waals surface area (Å²) >= 11 is 0. The number of nitrogens with one attached hydrogen (secondary N) is 1. The van der Waals surface area contributed by atoms with Gasteiger partial charge in [0.25, 0.3) is 0 Å². The first-order valence-electron chi connectivity index (χ1n) is 6.98. The molecule has 0 bridgehead atoms. The van der Waals surface area contributed by atoms with Crippen molar-refractivity contribution in [3.8, 4) is 0 Å². The van der Waals surface area contributed by atoms with Crippen LogP contribution >= 0.6 is 0 Å². The monoisotopic (exact) mass is 240 g/mol. The number of amides is 1. The molecule has 0 unspecified atom stereocenters. The Morgan fingerprint density at radius 2 is 1.94 bits per heavy atom. The van der Waals surface area contributed by atoms with E-state index < -0.39 is 0 Å². The smallest absolute Gasteiger partial charge is 0.249 e. The zero-order valence-electron chi connectivity index (χ0n) is 10.6. The fourth-order valence-electron chi connectivity index (χ4n) is 2.60. The Kier molecular flexibility index (Phi) is 5.26. The molecule has 1 amide bonds. The Bertz CT molecular complexity index is 232. The number of carbonyl (C=O) groups excluding carboxylic acids is 1. The number of hydrogen-bond acceptors (Lipinski definition) is 3. The quantitative estimate of drug-likeness (QED) is 0.801. The molecular weight excluding hydrogens is 216 g/mol. The minimum absolute atomic E-state index is 0.0809. The number of ether oxygens (including phenoxy) is 1. The Morgan fingerprint density at radius 1 is 1.18 bits per heavy atom. The molecule has 0 spiro atoms. The summed E-state index contributed by atoms with van der Waals surface area (Å²) in [7, 11) is 0. The van der Waals surface area contributed by atoms with Crippen molar-refractivity contribution < 1.29 is 9.53 Å². The molecule has 0 aromatic carbocycles. The molecule has 2 rings (SSSR count). The first-order chi connectivity index (χ1) is 8.36. The number of rotatable bonds is 4. The summed E-state index contributed by atoms with van der Waals surface area (Å²) in [6.45, 7) is 4.87. The molecular formula is C13H24N2O2. The maximum Gasteiger partial charge on any atom is 0.249 e. The minimum atomic E-state index is -0.181. The topological polar surface area (TPSA) is 41.6 Å². The van der Waals surface area contributed by atoms with Crippen molar-refractivity contribution in [2.75, 3.05) is 32.8 Å². The molecule has 1 N–H and O–H groups in total. The van der Waals surface area contributed by atoms with Crippen molar-refractivity contribution >= 4 is 5.91 Å². The Labute approximate surface area is 104 Å². The maximum absolute atomic E-state index is 11.7. The van der Waals surface area contributed by atoms with Crippen molar-refractivity contribution in [3.05, 3.63) is 0 Å². The summed E-state index contributed by atoms with van der Waals surface area (Å²) in [6.07, 6.45) is 7.05. The number of nitrogens with zero attached hydrogens (tertiary/aromatic N) is 1. The van der Waals surface area contributed by atoms with Gasteiger partial charge in [-0.15, -0.1) is 0 Å². The predicted octanol–water partition coefficient (Wildman–Crippen LogP) is 1.16. The van der Waals surface area contributed by atoms with Crippen LogP contribution in [0.3, 0.4) is 0 Å². The molecule has 2 fully saturated rings. The highest BCUT2D eigenvalue weighted by atomic mass is 16.5. The van der Waals surface area contributed by atoms with Gasteiger partial charge in [0, 0.05) is 19.7 Å². The normalized spacial score (nSPS) is 26.7. The van der Waals surface area contributed by atoms with Crippen LogP contribution in [-0.2, 0) is 9.53 Å². The second-order valence-corrected chi connectivity index (χ2v) is 5.05. The van der Waals surface area contributed by atoms with Crippen LogP contribution in [0.2, 0.25) is 0 Å². The van der Waals surface area contributed by atoms with E-state index in [1.54, 1.807) is 0 Å². The zero-order valence-corrected chi connectivity index (χ0v) is 10.6. The van der Waals surface area contributed by atoms with Gasteiger partial charge in [-0.3, -0.25) is 4.79 Å². The maximum atomic E-state index is 11.7. The predicted molar refractivity (Wildman–Crippen MR) is 66.9 cm³/mol. The Hall–Kier alpha value is -0.610. The van der Waals surface area contributed by atoms with Gasteiger partial charge in [0.15, 0.2) is 0 Å². The molecule has 0 aliphatic carbocycles. The van der Waals surface area contributed by atoms with Crippen LogP contribution in [0, 0.1) is 0 Å². The fraction of sp³-hybridized carbons (Fsp3) is 0.923. The summed E-state index contributed by atoms with van der Waals surface area (Å²) < 4.78 is 5.35. The van der Waals surface area contributed by atoms with Crippen molar-refractivity contribution in [1.29, 1.82) is 0 Å². The lowest BCUT2D eigenvalue weighted by Crippen LogP contribution is -2.39. The van der Waals surface area contributed by atoms with E-state index in [1.165, 1.54) is 38.8 Å². The van der Waals surface area contributed by atoms with Crippen molar-refractivity contribution in [2.45, 2.75) is 44.6 Å². The van der Waals surface area contributed by atoms with Crippen LogP contribution < -0.4 is 5.32 Å². The number of hydrogen-bond donors (Lipinski definition) is 1. The van der Waals surface area contributed by atoms with E-state index in [4.69, 9.17) is 4.74 Å². The summed E-state index contributed by atoms with van der Waals surface area (Å²) in [4.78, 5) is 14.2. The average Bonchev–Trinajstić information content (AvgIpc) is 2.75. The standard InChI is InChI=1S/C13H24N2O2/c16-13(12-6-5-11-17-12)14-7-10-15-8-3-1-2-4-9-15/h12H,1-11H2,(H,14,16)/t12-/m1/s1. The molecule has 0 aromatic rings. The van der Waals surface area contributed by atoms with E-state index in [9.17, 15) is 4.79 Å². The fourth-order valence-corrected chi connectivity index (χ4v) is 2.60. The van der Waals surface area contributed by atoms with E-state index in [0.29, 0.717) is 0 Å². The van der Waals surface area contributed by atoms with E-state index in [0.717, 1.165) is 32.5 Å². The Balaban J connectivity index is 1.59. The van der Waals surface area contributed by atoms with Gasteiger partial charge in [-0.25, -0.2) is 0 Å². The molecule has 2 aliphatic heterocycles. The third kappa shape index (κ3) is 4.28. The van der Waals surface area contributed by atoms with Gasteiger partial charge in [0.2, 0.25) is 5.91 Å². The Morgan fingerprint density at radius 3 is 2.59 bits per heavy atom. The third-order valence-corrected chi connectivity index (χ3v) is 3.65. The van der Waals surface area contributed by atoms with Crippen LogP contribution in [0.5, 0.6) is 0 Å². The van der Waals surface area contributed by atoms with E-state index >= 15 is 0 Å². The molecule has 0 radical (unpaired) electrons. The lowest BCUT2D eigenvalue weighted by molar-refractivity contribution is -0.130. The highest BCUT2D eigenvalue weighted by Gasteiger charge is 2.23. The van der Waals surface area contributed by atoms with Crippen LogP contribution in [-0.4, -0.2) is 49.7 Å². The van der Waals surface area contributed by atoms with E-state index in [1.807, 2.05) is 0 Å². The molecule has 1 atom stereocenters. The second kappa shape index (κ2) is 6.97. The lowest BCUT2D eigenvalue weighted by atomic mass is 10.2.